The molecule has 0 saturated heterocycles. The normalized spacial score (nSPS) is 10.2. The molecule has 0 aliphatic heterocycles. The van der Waals surface area contributed by atoms with Gasteiger partial charge in [0.25, 0.3) is 0 Å². The van der Waals surface area contributed by atoms with Gasteiger partial charge in [0.1, 0.15) is 5.75 Å². The van der Waals surface area contributed by atoms with E-state index in [4.69, 9.17) is 21.4 Å². The number of methoxy groups -OCH3 is 1. The Bertz CT molecular complexity index is 643. The first-order valence-corrected chi connectivity index (χ1v) is 6.32. The molecule has 0 atom stereocenters. The van der Waals surface area contributed by atoms with Crippen LogP contribution in [0.25, 0.3) is 0 Å². The molecule has 4 nitrogen and oxygen atoms in total. The second-order valence-corrected chi connectivity index (χ2v) is 4.61. The Morgan fingerprint density at radius 1 is 1.25 bits per heavy atom. The number of nitrogens with zero attached hydrogens (tertiary/aromatic N) is 1. The zero-order valence-corrected chi connectivity index (χ0v) is 11.9. The van der Waals surface area contributed by atoms with Crippen molar-refractivity contribution >= 4 is 28.9 Å². The molecule has 0 amide bonds. The molecule has 0 bridgehead atoms. The zero-order chi connectivity index (χ0) is 14.7. The van der Waals surface area contributed by atoms with Crippen molar-refractivity contribution in [3.05, 3.63) is 53.1 Å². The molecule has 0 aliphatic carbocycles. The molecule has 20 heavy (non-hydrogen) atoms. The lowest BCUT2D eigenvalue weighted by atomic mass is 10.2. The molecule has 5 heteroatoms. The van der Waals surface area contributed by atoms with E-state index in [-0.39, 0.29) is 10.6 Å². The van der Waals surface area contributed by atoms with Gasteiger partial charge in [-0.1, -0.05) is 23.7 Å². The second-order valence-electron chi connectivity index (χ2n) is 4.20. The third-order valence-corrected chi connectivity index (χ3v) is 3.33. The minimum Gasteiger partial charge on any atom is -0.495 e. The van der Waals surface area contributed by atoms with Crippen LogP contribution in [0.1, 0.15) is 10.4 Å². The molecule has 0 aliphatic rings. The molecule has 0 fully saturated rings. The number of carboxylic acid groups (broad SMARTS) is 1. The summed E-state index contributed by atoms with van der Waals surface area (Å²) >= 11 is 5.99. The van der Waals surface area contributed by atoms with E-state index in [0.29, 0.717) is 0 Å². The predicted octanol–water partition coefficient (Wildman–Crippen LogP) is 3.81. The Kier molecular flexibility index (Phi) is 4.15. The van der Waals surface area contributed by atoms with E-state index < -0.39 is 5.97 Å². The van der Waals surface area contributed by atoms with Crippen LogP contribution in [0.15, 0.2) is 42.5 Å². The topological polar surface area (TPSA) is 49.8 Å². The lowest BCUT2D eigenvalue weighted by Crippen LogP contribution is -2.11. The van der Waals surface area contributed by atoms with Crippen molar-refractivity contribution < 1.29 is 14.6 Å². The quantitative estimate of drug-likeness (QED) is 0.930. The van der Waals surface area contributed by atoms with Gasteiger partial charge in [0.15, 0.2) is 0 Å². The molecule has 2 aromatic rings. The number of para-hydroxylation sites is 2. The van der Waals surface area contributed by atoms with Crippen LogP contribution < -0.4 is 9.64 Å². The van der Waals surface area contributed by atoms with Gasteiger partial charge in [-0.3, -0.25) is 0 Å². The predicted molar refractivity (Wildman–Crippen MR) is 79.5 cm³/mol. The molecule has 0 aromatic heterocycles. The number of anilines is 2. The van der Waals surface area contributed by atoms with Crippen LogP contribution in [0.5, 0.6) is 5.75 Å². The van der Waals surface area contributed by atoms with E-state index in [1.165, 1.54) is 6.07 Å². The van der Waals surface area contributed by atoms with Crippen LogP contribution >= 0.6 is 11.6 Å². The van der Waals surface area contributed by atoms with Crippen LogP contribution in [0.2, 0.25) is 5.02 Å². The van der Waals surface area contributed by atoms with Crippen molar-refractivity contribution in [2.75, 3.05) is 19.1 Å². The standard InChI is InChI=1S/C15H14ClNO3/c1-17(13-5-3-4-6-14(13)20-2)10-7-8-11(15(18)19)12(16)9-10/h3-9H,1-2H3,(H,18,19). The number of rotatable bonds is 4. The fraction of sp³-hybridized carbons (Fsp3) is 0.133. The number of carboxylic acids is 1. The monoisotopic (exact) mass is 291 g/mol. The van der Waals surface area contributed by atoms with E-state index >= 15 is 0 Å². The smallest absolute Gasteiger partial charge is 0.337 e. The highest BCUT2D eigenvalue weighted by Crippen LogP contribution is 2.33. The summed E-state index contributed by atoms with van der Waals surface area (Å²) in [5.74, 6) is -0.310. The van der Waals surface area contributed by atoms with Crippen molar-refractivity contribution in [3.8, 4) is 5.75 Å². The summed E-state index contributed by atoms with van der Waals surface area (Å²) in [6, 6.07) is 12.4. The Hall–Kier alpha value is -2.20. The van der Waals surface area contributed by atoms with Crippen molar-refractivity contribution in [1.29, 1.82) is 0 Å². The van der Waals surface area contributed by atoms with Crippen LogP contribution in [0, 0.1) is 0 Å². The van der Waals surface area contributed by atoms with Crippen molar-refractivity contribution in [2.24, 2.45) is 0 Å². The minimum absolute atomic E-state index is 0.0869. The summed E-state index contributed by atoms with van der Waals surface area (Å²) in [6.45, 7) is 0. The third kappa shape index (κ3) is 2.70. The van der Waals surface area contributed by atoms with Crippen LogP contribution in [0.3, 0.4) is 0 Å². The van der Waals surface area contributed by atoms with Crippen molar-refractivity contribution in [1.82, 2.24) is 0 Å². The number of ether oxygens (including phenoxy) is 1. The van der Waals surface area contributed by atoms with Crippen LogP contribution in [-0.2, 0) is 0 Å². The van der Waals surface area contributed by atoms with E-state index in [1.54, 1.807) is 19.2 Å². The van der Waals surface area contributed by atoms with Crippen molar-refractivity contribution in [2.45, 2.75) is 0 Å². The van der Waals surface area contributed by atoms with Gasteiger partial charge in [-0.15, -0.1) is 0 Å². The van der Waals surface area contributed by atoms with Crippen LogP contribution in [0.4, 0.5) is 11.4 Å². The summed E-state index contributed by atoms with van der Waals surface area (Å²) in [5, 5.41) is 9.18. The Balaban J connectivity index is 2.41. The maximum absolute atomic E-state index is 11.0. The molecule has 1 N–H and O–H groups in total. The van der Waals surface area contributed by atoms with Gasteiger partial charge in [0.05, 0.1) is 23.4 Å². The summed E-state index contributed by atoms with van der Waals surface area (Å²) in [6.07, 6.45) is 0. The van der Waals surface area contributed by atoms with Gasteiger partial charge < -0.3 is 14.7 Å². The molecule has 0 radical (unpaired) electrons. The molecule has 2 aromatic carbocycles. The molecular weight excluding hydrogens is 278 g/mol. The van der Waals surface area contributed by atoms with Crippen LogP contribution in [-0.4, -0.2) is 25.2 Å². The summed E-state index contributed by atoms with van der Waals surface area (Å²) in [7, 11) is 3.47. The highest BCUT2D eigenvalue weighted by atomic mass is 35.5. The molecule has 0 spiro atoms. The zero-order valence-electron chi connectivity index (χ0n) is 11.1. The van der Waals surface area contributed by atoms with E-state index in [0.717, 1.165) is 17.1 Å². The molecule has 0 heterocycles. The lowest BCUT2D eigenvalue weighted by molar-refractivity contribution is 0.0697. The molecule has 104 valence electrons. The largest absolute Gasteiger partial charge is 0.495 e. The van der Waals surface area contributed by atoms with Gasteiger partial charge in [-0.05, 0) is 30.3 Å². The minimum atomic E-state index is -1.04. The number of aromatic carboxylic acids is 1. The number of halogens is 1. The van der Waals surface area contributed by atoms with Crippen molar-refractivity contribution in [3.63, 3.8) is 0 Å². The highest BCUT2D eigenvalue weighted by Gasteiger charge is 2.13. The Morgan fingerprint density at radius 3 is 2.55 bits per heavy atom. The first-order valence-electron chi connectivity index (χ1n) is 5.94. The van der Waals surface area contributed by atoms with E-state index in [2.05, 4.69) is 0 Å². The molecular formula is C15H14ClNO3. The SMILES string of the molecule is COc1ccccc1N(C)c1ccc(C(=O)O)c(Cl)c1. The average molecular weight is 292 g/mol. The Morgan fingerprint density at radius 2 is 1.95 bits per heavy atom. The fourth-order valence-corrected chi connectivity index (χ4v) is 2.19. The number of hydrogen-bond acceptors (Lipinski definition) is 3. The highest BCUT2D eigenvalue weighted by molar-refractivity contribution is 6.33. The molecule has 0 saturated carbocycles. The fourth-order valence-electron chi connectivity index (χ4n) is 1.93. The summed E-state index contributed by atoms with van der Waals surface area (Å²) in [4.78, 5) is 12.8. The van der Waals surface area contributed by atoms with Gasteiger partial charge in [-0.2, -0.15) is 0 Å². The van der Waals surface area contributed by atoms with E-state index in [9.17, 15) is 4.79 Å². The number of hydrogen-bond donors (Lipinski definition) is 1. The van der Waals surface area contributed by atoms with Gasteiger partial charge in [0, 0.05) is 12.7 Å². The summed E-state index contributed by atoms with van der Waals surface area (Å²) < 4.78 is 5.31. The average Bonchev–Trinajstić information content (AvgIpc) is 2.45. The first-order chi connectivity index (χ1) is 9.54. The van der Waals surface area contributed by atoms with Gasteiger partial charge >= 0.3 is 5.97 Å². The maximum atomic E-state index is 11.0. The molecule has 2 rings (SSSR count). The summed E-state index contributed by atoms with van der Waals surface area (Å²) in [5.41, 5.74) is 1.74. The van der Waals surface area contributed by atoms with Gasteiger partial charge in [0.2, 0.25) is 0 Å². The maximum Gasteiger partial charge on any atom is 0.337 e. The number of carbonyl (C=O) groups is 1. The number of benzene rings is 2. The second kappa shape index (κ2) is 5.84. The lowest BCUT2D eigenvalue weighted by Gasteiger charge is -2.22. The Labute approximate surface area is 122 Å². The first kappa shape index (κ1) is 14.2. The van der Waals surface area contributed by atoms with Gasteiger partial charge in [-0.25, -0.2) is 4.79 Å². The molecule has 0 unspecified atom stereocenters. The third-order valence-electron chi connectivity index (χ3n) is 3.02. The van der Waals surface area contributed by atoms with E-state index in [1.807, 2.05) is 36.2 Å².